The first-order valence-corrected chi connectivity index (χ1v) is 14.3. The molecular formula is C26H43NO5Si. The summed E-state index contributed by atoms with van der Waals surface area (Å²) in [6.45, 7) is 18.5. The molecule has 1 heterocycles. The molecule has 0 aliphatic heterocycles. The summed E-state index contributed by atoms with van der Waals surface area (Å²) in [6, 6.07) is 1.89. The van der Waals surface area contributed by atoms with Gasteiger partial charge in [-0.25, -0.2) is 4.79 Å². The van der Waals surface area contributed by atoms with Crippen LogP contribution in [0.15, 0.2) is 6.07 Å². The van der Waals surface area contributed by atoms with Crippen LogP contribution in [0.25, 0.3) is 10.9 Å². The molecule has 186 valence electrons. The number of aryl methyl sites for hydroxylation is 1. The van der Waals surface area contributed by atoms with Crippen molar-refractivity contribution in [3.63, 3.8) is 0 Å². The van der Waals surface area contributed by atoms with E-state index in [1.807, 2.05) is 19.9 Å². The molecule has 0 atom stereocenters. The van der Waals surface area contributed by atoms with Crippen molar-refractivity contribution in [1.82, 2.24) is 4.98 Å². The monoisotopic (exact) mass is 477 g/mol. The van der Waals surface area contributed by atoms with Gasteiger partial charge in [-0.15, -0.1) is 0 Å². The molecule has 0 radical (unpaired) electrons. The number of esters is 1. The predicted octanol–water partition coefficient (Wildman–Crippen LogP) is 6.79. The van der Waals surface area contributed by atoms with Gasteiger partial charge in [0.2, 0.25) is 0 Å². The topological polar surface area (TPSA) is 69.8 Å². The molecule has 0 amide bonds. The van der Waals surface area contributed by atoms with Gasteiger partial charge in [0.05, 0.1) is 31.9 Å². The van der Waals surface area contributed by atoms with Crippen molar-refractivity contribution in [3.8, 4) is 11.5 Å². The van der Waals surface area contributed by atoms with Crippen LogP contribution in [0, 0.1) is 6.92 Å². The van der Waals surface area contributed by atoms with Gasteiger partial charge >= 0.3 is 5.97 Å². The summed E-state index contributed by atoms with van der Waals surface area (Å²) in [6.07, 6.45) is 1.50. The molecule has 6 nitrogen and oxygen atoms in total. The number of carbonyl (C=O) groups excluding carboxylic acids is 1. The Kier molecular flexibility index (Phi) is 9.44. The smallest absolute Gasteiger partial charge is 0.340 e. The lowest BCUT2D eigenvalue weighted by atomic mass is 10.1. The number of H-pyrrole nitrogens is 1. The summed E-state index contributed by atoms with van der Waals surface area (Å²) < 4.78 is 23.3. The fourth-order valence-electron chi connectivity index (χ4n) is 5.52. The number of hydrogen-bond acceptors (Lipinski definition) is 5. The van der Waals surface area contributed by atoms with Gasteiger partial charge in [-0.2, -0.15) is 0 Å². The van der Waals surface area contributed by atoms with Crippen molar-refractivity contribution in [2.75, 3.05) is 27.4 Å². The van der Waals surface area contributed by atoms with Crippen molar-refractivity contribution in [2.24, 2.45) is 0 Å². The van der Waals surface area contributed by atoms with E-state index in [1.165, 1.54) is 0 Å². The third kappa shape index (κ3) is 5.24. The van der Waals surface area contributed by atoms with Crippen LogP contribution < -0.4 is 9.47 Å². The Morgan fingerprint density at radius 3 is 2.12 bits per heavy atom. The molecule has 0 aliphatic rings. The quantitative estimate of drug-likeness (QED) is 0.207. The van der Waals surface area contributed by atoms with Crippen LogP contribution in [0.3, 0.4) is 0 Å². The molecule has 0 saturated carbocycles. The van der Waals surface area contributed by atoms with Crippen LogP contribution in [0.1, 0.15) is 76.5 Å². The lowest BCUT2D eigenvalue weighted by Crippen LogP contribution is -2.48. The number of methoxy groups -OCH3 is 2. The average molecular weight is 478 g/mol. The van der Waals surface area contributed by atoms with Gasteiger partial charge in [-0.1, -0.05) is 41.5 Å². The molecule has 1 N–H and O–H groups in total. The van der Waals surface area contributed by atoms with E-state index in [9.17, 15) is 4.79 Å². The molecule has 33 heavy (non-hydrogen) atoms. The van der Waals surface area contributed by atoms with Gasteiger partial charge in [-0.05, 0) is 49.4 Å². The Labute approximate surface area is 200 Å². The molecular weight excluding hydrogens is 434 g/mol. The lowest BCUT2D eigenvalue weighted by molar-refractivity contribution is 0.0527. The van der Waals surface area contributed by atoms with Crippen LogP contribution >= 0.6 is 0 Å². The first kappa shape index (κ1) is 27.3. The standard InChI is InChI=1S/C26H43NO5Si/c1-11-31-26(28)23-20-15-22(29-9)19(8)25(30-10)24(20)27-21(23)13-12-14-32-33(16(2)3,17(4)5)18(6)7/h15-18,27H,11-14H2,1-10H3. The number of fused-ring (bicyclic) bond motifs is 1. The van der Waals surface area contributed by atoms with Crippen molar-refractivity contribution in [2.45, 2.75) is 84.9 Å². The van der Waals surface area contributed by atoms with E-state index in [1.54, 1.807) is 14.2 Å². The minimum Gasteiger partial charge on any atom is -0.496 e. The van der Waals surface area contributed by atoms with Crippen LogP contribution in [-0.2, 0) is 15.6 Å². The number of aromatic nitrogens is 1. The van der Waals surface area contributed by atoms with Gasteiger partial charge < -0.3 is 23.6 Å². The zero-order valence-corrected chi connectivity index (χ0v) is 23.2. The number of carbonyl (C=O) groups is 1. The van der Waals surface area contributed by atoms with Crippen LogP contribution in [-0.4, -0.2) is 46.7 Å². The maximum atomic E-state index is 12.9. The number of rotatable bonds is 12. The van der Waals surface area contributed by atoms with Crippen LogP contribution in [0.2, 0.25) is 16.6 Å². The maximum Gasteiger partial charge on any atom is 0.340 e. The van der Waals surface area contributed by atoms with Gasteiger partial charge in [0, 0.05) is 23.3 Å². The van der Waals surface area contributed by atoms with Crippen molar-refractivity contribution in [1.29, 1.82) is 0 Å². The first-order chi connectivity index (χ1) is 15.6. The van der Waals surface area contributed by atoms with Crippen molar-refractivity contribution in [3.05, 3.63) is 22.9 Å². The lowest BCUT2D eigenvalue weighted by Gasteiger charge is -2.42. The molecule has 0 saturated heterocycles. The minimum absolute atomic E-state index is 0.319. The fraction of sp³-hybridized carbons (Fsp3) is 0.654. The Bertz CT molecular complexity index is 926. The number of benzene rings is 1. The molecule has 7 heteroatoms. The van der Waals surface area contributed by atoms with Gasteiger partial charge in [-0.3, -0.25) is 0 Å². The Hall–Kier alpha value is -1.99. The largest absolute Gasteiger partial charge is 0.496 e. The van der Waals surface area contributed by atoms with Gasteiger partial charge in [0.25, 0.3) is 0 Å². The third-order valence-corrected chi connectivity index (χ3v) is 13.0. The zero-order valence-electron chi connectivity index (χ0n) is 22.2. The van der Waals surface area contributed by atoms with Crippen molar-refractivity contribution >= 4 is 25.2 Å². The van der Waals surface area contributed by atoms with E-state index in [0.29, 0.717) is 53.3 Å². The Balaban J connectivity index is 2.40. The fourth-order valence-corrected chi connectivity index (χ4v) is 11.0. The second kappa shape index (κ2) is 11.4. The number of ether oxygens (including phenoxy) is 3. The third-order valence-electron chi connectivity index (χ3n) is 6.86. The Morgan fingerprint density at radius 1 is 1.03 bits per heavy atom. The highest BCUT2D eigenvalue weighted by Crippen LogP contribution is 2.42. The van der Waals surface area contributed by atoms with E-state index in [4.69, 9.17) is 18.6 Å². The van der Waals surface area contributed by atoms with E-state index in [0.717, 1.165) is 28.6 Å². The molecule has 1 aromatic heterocycles. The molecule has 0 aliphatic carbocycles. The molecule has 1 aromatic carbocycles. The average Bonchev–Trinajstić information content (AvgIpc) is 3.10. The van der Waals surface area contributed by atoms with E-state index in [2.05, 4.69) is 46.5 Å². The minimum atomic E-state index is -1.92. The summed E-state index contributed by atoms with van der Waals surface area (Å²) in [5.74, 6) is 1.03. The molecule has 0 spiro atoms. The Morgan fingerprint density at radius 2 is 1.64 bits per heavy atom. The molecule has 0 unspecified atom stereocenters. The summed E-state index contributed by atoms with van der Waals surface area (Å²) in [4.78, 5) is 16.4. The van der Waals surface area contributed by atoms with E-state index < -0.39 is 8.32 Å². The van der Waals surface area contributed by atoms with Crippen LogP contribution in [0.4, 0.5) is 0 Å². The summed E-state index contributed by atoms with van der Waals surface area (Å²) >= 11 is 0. The molecule has 2 aromatic rings. The predicted molar refractivity (Wildman–Crippen MR) is 137 cm³/mol. The van der Waals surface area contributed by atoms with E-state index >= 15 is 0 Å². The number of hydrogen-bond donors (Lipinski definition) is 1. The van der Waals surface area contributed by atoms with Crippen molar-refractivity contribution < 1.29 is 23.4 Å². The van der Waals surface area contributed by atoms with Gasteiger partial charge in [0.1, 0.15) is 11.5 Å². The molecule has 0 fully saturated rings. The highest BCUT2D eigenvalue weighted by molar-refractivity contribution is 6.77. The highest BCUT2D eigenvalue weighted by atomic mass is 28.4. The summed E-state index contributed by atoms with van der Waals surface area (Å²) in [5.41, 5.74) is 4.72. The zero-order chi connectivity index (χ0) is 24.9. The maximum absolute atomic E-state index is 12.9. The summed E-state index contributed by atoms with van der Waals surface area (Å²) in [7, 11) is 1.34. The van der Waals surface area contributed by atoms with Crippen LogP contribution in [0.5, 0.6) is 11.5 Å². The number of nitrogens with one attached hydrogen (secondary N) is 1. The van der Waals surface area contributed by atoms with Gasteiger partial charge in [0.15, 0.2) is 8.32 Å². The SMILES string of the molecule is CCOC(=O)c1c(CCCO[Si](C(C)C)(C(C)C)C(C)C)[nH]c2c(OC)c(C)c(OC)cc12. The normalized spacial score (nSPS) is 12.3. The number of aromatic amines is 1. The molecule has 2 rings (SSSR count). The molecule has 0 bridgehead atoms. The second-order valence-electron chi connectivity index (χ2n) is 9.63. The van der Waals surface area contributed by atoms with E-state index in [-0.39, 0.29) is 5.97 Å². The highest BCUT2D eigenvalue weighted by Gasteiger charge is 2.44. The second-order valence-corrected chi connectivity index (χ2v) is 15.1. The first-order valence-electron chi connectivity index (χ1n) is 12.1. The summed E-state index contributed by atoms with van der Waals surface area (Å²) in [5, 5.41) is 0.763.